The summed E-state index contributed by atoms with van der Waals surface area (Å²) in [6, 6.07) is 0. The van der Waals surface area contributed by atoms with E-state index in [0.29, 0.717) is 4.43 Å². The van der Waals surface area contributed by atoms with Gasteiger partial charge in [0.2, 0.25) is 0 Å². The highest BCUT2D eigenvalue weighted by atomic mass is 123. The summed E-state index contributed by atoms with van der Waals surface area (Å²) in [6.45, 7) is 0. The van der Waals surface area contributed by atoms with Crippen LogP contribution in [0.15, 0.2) is 0 Å². The van der Waals surface area contributed by atoms with Crippen LogP contribution in [0.25, 0.3) is 0 Å². The number of rotatable bonds is 2. The summed E-state index contributed by atoms with van der Waals surface area (Å²) >= 11 is 2.03. The molecule has 5 nitrogen and oxygen atoms in total. The van der Waals surface area contributed by atoms with Gasteiger partial charge in [-0.15, -0.1) is 0 Å². The Bertz CT molecular complexity index is 147. The second-order valence-electron chi connectivity index (χ2n) is 2.90. The maximum atomic E-state index is 9.43. The molecule has 0 aromatic heterocycles. The molecule has 3 N–H and O–H groups in total. The summed E-state index contributed by atoms with van der Waals surface area (Å²) in [5.41, 5.74) is 0. The van der Waals surface area contributed by atoms with Gasteiger partial charge in [0, 0.05) is 11.5 Å². The Morgan fingerprint density at radius 2 is 1.85 bits per heavy atom. The molecule has 0 amide bonds. The molecule has 0 aromatic carbocycles. The number of methoxy groups -OCH3 is 1. The summed E-state index contributed by atoms with van der Waals surface area (Å²) < 4.78 is 10.5. The van der Waals surface area contributed by atoms with E-state index in [2.05, 4.69) is 0 Å². The average Bonchev–Trinajstić information content (AvgIpc) is 2.15. The normalized spacial score (nSPS) is 46.4. The van der Waals surface area contributed by atoms with Crippen molar-refractivity contribution >= 4 is 22.6 Å². The Kier molecular flexibility index (Phi) is 4.33. The van der Waals surface area contributed by atoms with Crippen molar-refractivity contribution < 1.29 is 24.8 Å². The van der Waals surface area contributed by atoms with E-state index in [9.17, 15) is 15.3 Å². The van der Waals surface area contributed by atoms with Gasteiger partial charge in [-0.25, -0.2) is 0 Å². The van der Waals surface area contributed by atoms with E-state index in [-0.39, 0.29) is 0 Å². The molecular formula is C7H13IO5. The molecule has 0 spiro atoms. The van der Waals surface area contributed by atoms with Gasteiger partial charge in [0.05, 0.1) is 6.10 Å². The van der Waals surface area contributed by atoms with Gasteiger partial charge >= 0.3 is 0 Å². The summed E-state index contributed by atoms with van der Waals surface area (Å²) in [4.78, 5) is 0. The van der Waals surface area contributed by atoms with Crippen molar-refractivity contribution in [3.63, 3.8) is 0 Å². The first kappa shape index (κ1) is 11.6. The molecule has 1 aliphatic rings. The molecular weight excluding hydrogens is 287 g/mol. The topological polar surface area (TPSA) is 79.2 Å². The highest BCUT2D eigenvalue weighted by Gasteiger charge is 2.43. The van der Waals surface area contributed by atoms with Crippen LogP contribution in [0.3, 0.4) is 0 Å². The van der Waals surface area contributed by atoms with E-state index in [0.717, 1.165) is 0 Å². The second-order valence-corrected chi connectivity index (χ2v) is 3.79. The van der Waals surface area contributed by atoms with Gasteiger partial charge in [0.25, 0.3) is 0 Å². The summed E-state index contributed by atoms with van der Waals surface area (Å²) in [5.74, 6) is 0. The minimum Gasteiger partial charge on any atom is -0.388 e. The third kappa shape index (κ3) is 2.31. The SMILES string of the molecule is COC1O[C@H](C[123I])[C@@H](O)[C@H](O)[C@H]1O. The summed E-state index contributed by atoms with van der Waals surface area (Å²) in [6.07, 6.45) is -4.82. The van der Waals surface area contributed by atoms with E-state index in [1.54, 1.807) is 0 Å². The van der Waals surface area contributed by atoms with Crippen molar-refractivity contribution in [2.45, 2.75) is 30.7 Å². The number of alkyl halides is 1. The molecule has 6 heteroatoms. The molecule has 0 aromatic rings. The fraction of sp³-hybridized carbons (Fsp3) is 1.00. The molecule has 1 heterocycles. The molecule has 1 aliphatic heterocycles. The highest BCUT2D eigenvalue weighted by Crippen LogP contribution is 2.22. The van der Waals surface area contributed by atoms with E-state index in [1.165, 1.54) is 7.11 Å². The lowest BCUT2D eigenvalue weighted by Gasteiger charge is -2.39. The molecule has 0 saturated carbocycles. The average molecular weight is 300 g/mol. The largest absolute Gasteiger partial charge is 0.388 e. The quantitative estimate of drug-likeness (QED) is 0.444. The van der Waals surface area contributed by atoms with E-state index < -0.39 is 30.7 Å². The van der Waals surface area contributed by atoms with Crippen LogP contribution in [0.5, 0.6) is 0 Å². The summed E-state index contributed by atoms with van der Waals surface area (Å²) in [7, 11) is 1.38. The van der Waals surface area contributed by atoms with Gasteiger partial charge in [-0.2, -0.15) is 0 Å². The molecule has 13 heavy (non-hydrogen) atoms. The van der Waals surface area contributed by atoms with Crippen molar-refractivity contribution in [3.05, 3.63) is 0 Å². The Hall–Kier alpha value is 0.530. The van der Waals surface area contributed by atoms with Crippen LogP contribution in [0.2, 0.25) is 0 Å². The Balaban J connectivity index is 2.66. The molecule has 0 bridgehead atoms. The third-order valence-electron chi connectivity index (χ3n) is 2.05. The number of hydrogen-bond acceptors (Lipinski definition) is 5. The van der Waals surface area contributed by atoms with Crippen molar-refractivity contribution in [2.24, 2.45) is 0 Å². The van der Waals surface area contributed by atoms with E-state index >= 15 is 0 Å². The first-order valence-electron chi connectivity index (χ1n) is 3.90. The lowest BCUT2D eigenvalue weighted by molar-refractivity contribution is -0.284. The monoisotopic (exact) mass is 300 g/mol. The molecule has 1 fully saturated rings. The molecule has 1 saturated heterocycles. The maximum Gasteiger partial charge on any atom is 0.186 e. The molecule has 78 valence electrons. The smallest absolute Gasteiger partial charge is 0.186 e. The Morgan fingerprint density at radius 3 is 2.31 bits per heavy atom. The predicted octanol–water partition coefficient (Wildman–Crippen LogP) is -1.12. The first-order chi connectivity index (χ1) is 6.11. The zero-order chi connectivity index (χ0) is 10.0. The zero-order valence-electron chi connectivity index (χ0n) is 7.13. The van der Waals surface area contributed by atoms with Crippen molar-refractivity contribution in [2.75, 3.05) is 11.5 Å². The van der Waals surface area contributed by atoms with Crippen LogP contribution < -0.4 is 0 Å². The first-order valence-corrected chi connectivity index (χ1v) is 5.42. The van der Waals surface area contributed by atoms with Gasteiger partial charge in [-0.1, -0.05) is 22.6 Å². The highest BCUT2D eigenvalue weighted by molar-refractivity contribution is 14.1. The lowest BCUT2D eigenvalue weighted by Crippen LogP contribution is -2.58. The maximum absolute atomic E-state index is 9.43. The molecule has 1 rings (SSSR count). The number of hydrogen-bond donors (Lipinski definition) is 3. The Morgan fingerprint density at radius 1 is 1.23 bits per heavy atom. The fourth-order valence-electron chi connectivity index (χ4n) is 1.24. The standard InChI is InChI=1S/C7H13IO5/c1-12-7-6(11)5(10)4(9)3(2-8)13-7/h3-7,9-11H,2H2,1H3/t3-,4-,5+,6-,7?/m1/s1/i8-4. The molecule has 0 radical (unpaired) electrons. The van der Waals surface area contributed by atoms with E-state index in [1.807, 2.05) is 22.6 Å². The number of aliphatic hydroxyl groups is 3. The van der Waals surface area contributed by atoms with Crippen LogP contribution in [0.4, 0.5) is 0 Å². The minimum atomic E-state index is -1.21. The van der Waals surface area contributed by atoms with Crippen molar-refractivity contribution in [1.82, 2.24) is 0 Å². The van der Waals surface area contributed by atoms with Gasteiger partial charge in [0.15, 0.2) is 6.29 Å². The predicted molar refractivity (Wildman–Crippen MR) is 52.6 cm³/mol. The lowest BCUT2D eigenvalue weighted by atomic mass is 10.0. The number of aliphatic hydroxyl groups excluding tert-OH is 3. The van der Waals surface area contributed by atoms with Gasteiger partial charge in [-0.05, 0) is 0 Å². The van der Waals surface area contributed by atoms with Crippen LogP contribution >= 0.6 is 22.6 Å². The Labute approximate surface area is 89.8 Å². The third-order valence-corrected chi connectivity index (χ3v) is 2.92. The van der Waals surface area contributed by atoms with Gasteiger partial charge in [0.1, 0.15) is 18.3 Å². The van der Waals surface area contributed by atoms with Crippen LogP contribution in [-0.2, 0) is 9.47 Å². The summed E-state index contributed by atoms with van der Waals surface area (Å²) in [5, 5.41) is 28.2. The number of halogens is 1. The zero-order valence-corrected chi connectivity index (χ0v) is 9.29. The van der Waals surface area contributed by atoms with Gasteiger partial charge in [-0.3, -0.25) is 0 Å². The van der Waals surface area contributed by atoms with Crippen LogP contribution in [-0.4, -0.2) is 57.6 Å². The fourth-order valence-corrected chi connectivity index (χ4v) is 1.97. The second kappa shape index (κ2) is 4.85. The molecule has 0 aliphatic carbocycles. The van der Waals surface area contributed by atoms with Crippen molar-refractivity contribution in [1.29, 1.82) is 0 Å². The van der Waals surface area contributed by atoms with Crippen LogP contribution in [0, 0.1) is 0 Å². The van der Waals surface area contributed by atoms with E-state index in [4.69, 9.17) is 9.47 Å². The number of ether oxygens (including phenoxy) is 2. The van der Waals surface area contributed by atoms with Gasteiger partial charge < -0.3 is 24.8 Å². The minimum absolute atomic E-state index is 0.496. The van der Waals surface area contributed by atoms with Crippen LogP contribution in [0.1, 0.15) is 0 Å². The molecule has 1 unspecified atom stereocenters. The molecule has 5 atom stereocenters. The van der Waals surface area contributed by atoms with Crippen molar-refractivity contribution in [3.8, 4) is 0 Å².